The van der Waals surface area contributed by atoms with E-state index >= 15 is 0 Å². The van der Waals surface area contributed by atoms with E-state index in [0.29, 0.717) is 35.8 Å². The Hall–Kier alpha value is -3.13. The van der Waals surface area contributed by atoms with Crippen LogP contribution in [0.2, 0.25) is 0 Å². The Morgan fingerprint density at radius 2 is 1.91 bits per heavy atom. The maximum Gasteiger partial charge on any atom is 0.272 e. The van der Waals surface area contributed by atoms with Gasteiger partial charge in [-0.05, 0) is 55.4 Å². The molecule has 2 aliphatic rings. The molecule has 3 aromatic rings. The molecule has 3 heterocycles. The number of piperidine rings is 1. The molecule has 5 rings (SSSR count). The van der Waals surface area contributed by atoms with Crippen LogP contribution < -0.4 is 0 Å². The first-order valence-electron chi connectivity index (χ1n) is 11.6. The summed E-state index contributed by atoms with van der Waals surface area (Å²) in [5, 5.41) is 0. The van der Waals surface area contributed by atoms with Gasteiger partial charge in [-0.25, -0.2) is 18.2 Å². The van der Waals surface area contributed by atoms with Gasteiger partial charge in [-0.2, -0.15) is 0 Å². The molecule has 3 atom stereocenters. The van der Waals surface area contributed by atoms with E-state index in [1.165, 1.54) is 12.3 Å². The predicted molar refractivity (Wildman–Crippen MR) is 121 cm³/mol. The Labute approximate surface area is 196 Å². The van der Waals surface area contributed by atoms with Crippen LogP contribution in [0.15, 0.2) is 48.9 Å². The van der Waals surface area contributed by atoms with E-state index < -0.39 is 23.5 Å². The van der Waals surface area contributed by atoms with Crippen LogP contribution in [-0.2, 0) is 4.74 Å². The molecule has 0 bridgehead atoms. The SMILES string of the molecule is C[C@@H](c1ccccc1-c1ccc(F)c(F)c1F)n1cncc1C(=O)N1CCC2CCCO[C@@H]2C1. The summed E-state index contributed by atoms with van der Waals surface area (Å²) in [6.07, 6.45) is 6.29. The van der Waals surface area contributed by atoms with Gasteiger partial charge in [-0.3, -0.25) is 4.79 Å². The first kappa shape index (κ1) is 22.7. The molecule has 0 radical (unpaired) electrons. The summed E-state index contributed by atoms with van der Waals surface area (Å²) in [7, 11) is 0. The van der Waals surface area contributed by atoms with Crippen molar-refractivity contribution >= 4 is 5.91 Å². The number of carbonyl (C=O) groups excluding carboxylic acids is 1. The Balaban J connectivity index is 1.45. The van der Waals surface area contributed by atoms with Gasteiger partial charge in [0.1, 0.15) is 5.69 Å². The van der Waals surface area contributed by atoms with E-state index in [9.17, 15) is 18.0 Å². The monoisotopic (exact) mass is 469 g/mol. The third-order valence-corrected chi connectivity index (χ3v) is 7.07. The van der Waals surface area contributed by atoms with Gasteiger partial charge in [0.05, 0.1) is 24.7 Å². The molecular weight excluding hydrogens is 443 g/mol. The van der Waals surface area contributed by atoms with Gasteiger partial charge in [0.2, 0.25) is 0 Å². The lowest BCUT2D eigenvalue weighted by molar-refractivity contribution is -0.0629. The van der Waals surface area contributed by atoms with Crippen molar-refractivity contribution in [2.75, 3.05) is 19.7 Å². The lowest BCUT2D eigenvalue weighted by Crippen LogP contribution is -2.49. The van der Waals surface area contributed by atoms with Crippen LogP contribution in [-0.4, -0.2) is 46.2 Å². The second-order valence-electron chi connectivity index (χ2n) is 9.02. The third-order valence-electron chi connectivity index (χ3n) is 7.07. The first-order chi connectivity index (χ1) is 16.5. The largest absolute Gasteiger partial charge is 0.376 e. The lowest BCUT2D eigenvalue weighted by Gasteiger charge is -2.41. The molecule has 1 unspecified atom stereocenters. The number of fused-ring (bicyclic) bond motifs is 1. The van der Waals surface area contributed by atoms with Gasteiger partial charge < -0.3 is 14.2 Å². The van der Waals surface area contributed by atoms with E-state index in [1.54, 1.807) is 35.2 Å². The van der Waals surface area contributed by atoms with Crippen molar-refractivity contribution in [3.05, 3.63) is 77.6 Å². The Morgan fingerprint density at radius 1 is 1.09 bits per heavy atom. The fraction of sp³-hybridized carbons (Fsp3) is 0.385. The highest BCUT2D eigenvalue weighted by Crippen LogP contribution is 2.34. The van der Waals surface area contributed by atoms with Crippen molar-refractivity contribution in [1.82, 2.24) is 14.5 Å². The maximum atomic E-state index is 14.6. The summed E-state index contributed by atoms with van der Waals surface area (Å²) in [6.45, 7) is 3.82. The van der Waals surface area contributed by atoms with E-state index in [1.807, 2.05) is 11.8 Å². The Bertz CT molecular complexity index is 1210. The average molecular weight is 470 g/mol. The van der Waals surface area contributed by atoms with Crippen molar-refractivity contribution in [3.63, 3.8) is 0 Å². The van der Waals surface area contributed by atoms with Crippen LogP contribution in [0.4, 0.5) is 13.2 Å². The number of benzene rings is 2. The molecule has 0 N–H and O–H groups in total. The fourth-order valence-electron chi connectivity index (χ4n) is 5.18. The number of imidazole rings is 1. The molecular formula is C26H26F3N3O2. The van der Waals surface area contributed by atoms with Crippen LogP contribution in [0, 0.1) is 23.4 Å². The molecule has 1 aromatic heterocycles. The number of amides is 1. The average Bonchev–Trinajstić information content (AvgIpc) is 3.36. The van der Waals surface area contributed by atoms with Crippen LogP contribution in [0.5, 0.6) is 0 Å². The maximum absolute atomic E-state index is 14.6. The van der Waals surface area contributed by atoms with E-state index in [-0.39, 0.29) is 17.6 Å². The molecule has 0 saturated carbocycles. The number of hydrogen-bond donors (Lipinski definition) is 0. The summed E-state index contributed by atoms with van der Waals surface area (Å²) >= 11 is 0. The second kappa shape index (κ2) is 9.25. The van der Waals surface area contributed by atoms with E-state index in [2.05, 4.69) is 4.98 Å². The molecule has 2 aliphatic heterocycles. The Morgan fingerprint density at radius 3 is 2.76 bits per heavy atom. The van der Waals surface area contributed by atoms with Gasteiger partial charge in [0.15, 0.2) is 17.5 Å². The minimum absolute atomic E-state index is 0.0362. The lowest BCUT2D eigenvalue weighted by atomic mass is 9.87. The number of halogens is 3. The molecule has 0 aliphatic carbocycles. The van der Waals surface area contributed by atoms with E-state index in [4.69, 9.17) is 4.74 Å². The van der Waals surface area contributed by atoms with Crippen LogP contribution in [0.1, 0.15) is 48.3 Å². The molecule has 2 saturated heterocycles. The van der Waals surface area contributed by atoms with Gasteiger partial charge in [0, 0.05) is 25.3 Å². The highest BCUT2D eigenvalue weighted by molar-refractivity contribution is 5.92. The number of aromatic nitrogens is 2. The molecule has 5 nitrogen and oxygen atoms in total. The second-order valence-corrected chi connectivity index (χ2v) is 9.02. The quantitative estimate of drug-likeness (QED) is 0.493. The summed E-state index contributed by atoms with van der Waals surface area (Å²) in [6, 6.07) is 8.68. The van der Waals surface area contributed by atoms with Crippen LogP contribution >= 0.6 is 0 Å². The number of ether oxygens (including phenoxy) is 1. The summed E-state index contributed by atoms with van der Waals surface area (Å²) in [5.41, 5.74) is 1.47. The molecule has 2 fully saturated rings. The number of rotatable bonds is 4. The van der Waals surface area contributed by atoms with Crippen molar-refractivity contribution < 1.29 is 22.7 Å². The summed E-state index contributed by atoms with van der Waals surface area (Å²) < 4.78 is 49.7. The number of carbonyl (C=O) groups is 1. The highest BCUT2D eigenvalue weighted by Gasteiger charge is 2.35. The van der Waals surface area contributed by atoms with Crippen molar-refractivity contribution in [2.24, 2.45) is 5.92 Å². The van der Waals surface area contributed by atoms with Gasteiger partial charge in [0.25, 0.3) is 5.91 Å². The normalized spacial score (nSPS) is 21.2. The van der Waals surface area contributed by atoms with Crippen LogP contribution in [0.3, 0.4) is 0 Å². The van der Waals surface area contributed by atoms with Gasteiger partial charge in [-0.15, -0.1) is 0 Å². The van der Waals surface area contributed by atoms with E-state index in [0.717, 1.165) is 31.9 Å². The molecule has 0 spiro atoms. The number of likely N-dealkylation sites (tertiary alicyclic amines) is 1. The molecule has 1 amide bonds. The minimum Gasteiger partial charge on any atom is -0.376 e. The van der Waals surface area contributed by atoms with Crippen LogP contribution in [0.25, 0.3) is 11.1 Å². The summed E-state index contributed by atoms with van der Waals surface area (Å²) in [4.78, 5) is 19.5. The van der Waals surface area contributed by atoms with Gasteiger partial charge in [-0.1, -0.05) is 24.3 Å². The van der Waals surface area contributed by atoms with Crippen molar-refractivity contribution in [1.29, 1.82) is 0 Å². The number of nitrogens with zero attached hydrogens (tertiary/aromatic N) is 3. The number of hydrogen-bond acceptors (Lipinski definition) is 3. The third kappa shape index (κ3) is 4.00. The highest BCUT2D eigenvalue weighted by atomic mass is 19.2. The summed E-state index contributed by atoms with van der Waals surface area (Å²) in [5.74, 6) is -3.61. The minimum atomic E-state index is -1.51. The first-order valence-corrected chi connectivity index (χ1v) is 11.6. The smallest absolute Gasteiger partial charge is 0.272 e. The zero-order chi connectivity index (χ0) is 23.8. The predicted octanol–water partition coefficient (Wildman–Crippen LogP) is 5.22. The molecule has 34 heavy (non-hydrogen) atoms. The molecule has 8 heteroatoms. The Kier molecular flexibility index (Phi) is 6.16. The zero-order valence-corrected chi connectivity index (χ0v) is 18.9. The zero-order valence-electron chi connectivity index (χ0n) is 18.9. The van der Waals surface area contributed by atoms with Crippen molar-refractivity contribution in [2.45, 2.75) is 38.3 Å². The standard InChI is InChI=1S/C26H26F3N3O2/c1-16(18-6-2-3-7-19(18)20-8-9-21(27)25(29)24(20)28)32-15-30-13-22(32)26(33)31-11-10-17-5-4-12-34-23(17)14-31/h2-3,6-9,13,15-17,23H,4-5,10-12,14H2,1H3/t16-,17?,23+/m0/s1. The topological polar surface area (TPSA) is 47.4 Å². The molecule has 2 aromatic carbocycles. The molecule has 178 valence electrons. The van der Waals surface area contributed by atoms with Crippen molar-refractivity contribution in [3.8, 4) is 11.1 Å². The van der Waals surface area contributed by atoms with Gasteiger partial charge >= 0.3 is 0 Å². The fourth-order valence-corrected chi connectivity index (χ4v) is 5.18.